The summed E-state index contributed by atoms with van der Waals surface area (Å²) < 4.78 is 5.33. The predicted octanol–water partition coefficient (Wildman–Crippen LogP) is 3.72. The monoisotopic (exact) mass is 360 g/mol. The summed E-state index contributed by atoms with van der Waals surface area (Å²) in [5, 5.41) is 0. The van der Waals surface area contributed by atoms with E-state index < -0.39 is 5.97 Å². The molecule has 0 spiro atoms. The van der Waals surface area contributed by atoms with E-state index in [1.165, 1.54) is 5.56 Å². The molecule has 5 nitrogen and oxygen atoms in total. The van der Waals surface area contributed by atoms with Crippen LogP contribution in [0.25, 0.3) is 6.08 Å². The van der Waals surface area contributed by atoms with Gasteiger partial charge in [0.05, 0.1) is 0 Å². The summed E-state index contributed by atoms with van der Waals surface area (Å²) in [5.74, 6) is -0.0224. The van der Waals surface area contributed by atoms with Crippen molar-refractivity contribution >= 4 is 29.5 Å². The maximum absolute atomic E-state index is 12.1. The van der Waals surface area contributed by atoms with Gasteiger partial charge in [0.15, 0.2) is 5.70 Å². The first kappa shape index (κ1) is 17.2. The normalized spacial score (nSPS) is 18.2. The van der Waals surface area contributed by atoms with Gasteiger partial charge in [0, 0.05) is 24.2 Å². The highest BCUT2D eigenvalue weighted by molar-refractivity contribution is 6.13. The fourth-order valence-electron chi connectivity index (χ4n) is 3.25. The van der Waals surface area contributed by atoms with Crippen LogP contribution in [0.1, 0.15) is 36.5 Å². The Kier molecular flexibility index (Phi) is 4.59. The van der Waals surface area contributed by atoms with Crippen LogP contribution < -0.4 is 4.90 Å². The molecule has 0 radical (unpaired) electrons. The summed E-state index contributed by atoms with van der Waals surface area (Å²) in [7, 11) is 0. The molecule has 2 heterocycles. The lowest BCUT2D eigenvalue weighted by Crippen LogP contribution is -2.23. The number of aliphatic imine (C=N–C) groups is 1. The number of aryl methyl sites for hydroxylation is 1. The van der Waals surface area contributed by atoms with Crippen molar-refractivity contribution in [1.82, 2.24) is 0 Å². The van der Waals surface area contributed by atoms with Crippen molar-refractivity contribution < 1.29 is 14.3 Å². The molecule has 2 aromatic rings. The number of hydrogen-bond acceptors (Lipinski definition) is 4. The van der Waals surface area contributed by atoms with Gasteiger partial charge in [0.2, 0.25) is 11.8 Å². The molecule has 1 amide bonds. The summed E-state index contributed by atoms with van der Waals surface area (Å²) in [6, 6.07) is 15.4. The van der Waals surface area contributed by atoms with Crippen molar-refractivity contribution in [2.24, 2.45) is 4.99 Å². The SMILES string of the molecule is CCc1ccc(/C=C2\N=C(c3ccc(N4CCCC4=O)cc3)OC2=O)cc1. The van der Waals surface area contributed by atoms with Crippen molar-refractivity contribution in [3.8, 4) is 0 Å². The van der Waals surface area contributed by atoms with E-state index in [4.69, 9.17) is 4.74 Å². The van der Waals surface area contributed by atoms with E-state index >= 15 is 0 Å². The molecule has 2 aliphatic heterocycles. The Bertz CT molecular complexity index is 941. The van der Waals surface area contributed by atoms with Gasteiger partial charge < -0.3 is 9.64 Å². The summed E-state index contributed by atoms with van der Waals surface area (Å²) in [5.41, 5.74) is 4.01. The van der Waals surface area contributed by atoms with E-state index in [1.807, 2.05) is 48.5 Å². The second kappa shape index (κ2) is 7.19. The number of benzene rings is 2. The summed E-state index contributed by atoms with van der Waals surface area (Å²) >= 11 is 0. The zero-order valence-electron chi connectivity index (χ0n) is 15.1. The van der Waals surface area contributed by atoms with Gasteiger partial charge in [-0.3, -0.25) is 4.79 Å². The van der Waals surface area contributed by atoms with Crippen LogP contribution in [0.5, 0.6) is 0 Å². The van der Waals surface area contributed by atoms with Crippen LogP contribution in [0.3, 0.4) is 0 Å². The number of nitrogens with zero attached hydrogens (tertiary/aromatic N) is 2. The van der Waals surface area contributed by atoms with Gasteiger partial charge >= 0.3 is 5.97 Å². The maximum atomic E-state index is 12.1. The van der Waals surface area contributed by atoms with Crippen molar-refractivity contribution in [1.29, 1.82) is 0 Å². The lowest BCUT2D eigenvalue weighted by atomic mass is 10.1. The van der Waals surface area contributed by atoms with Crippen molar-refractivity contribution in [2.45, 2.75) is 26.2 Å². The average molecular weight is 360 g/mol. The quantitative estimate of drug-likeness (QED) is 0.617. The smallest absolute Gasteiger partial charge is 0.363 e. The predicted molar refractivity (Wildman–Crippen MR) is 104 cm³/mol. The lowest BCUT2D eigenvalue weighted by molar-refractivity contribution is -0.130. The van der Waals surface area contributed by atoms with Crippen molar-refractivity contribution in [3.05, 3.63) is 70.9 Å². The molecule has 27 heavy (non-hydrogen) atoms. The second-order valence-corrected chi connectivity index (χ2v) is 6.63. The number of cyclic esters (lactones) is 1. The number of ether oxygens (including phenoxy) is 1. The molecule has 2 aromatic carbocycles. The van der Waals surface area contributed by atoms with Gasteiger partial charge in [0.25, 0.3) is 0 Å². The maximum Gasteiger partial charge on any atom is 0.363 e. The summed E-state index contributed by atoms with van der Waals surface area (Å²) in [4.78, 5) is 30.1. The molecule has 2 aliphatic rings. The minimum atomic E-state index is -0.455. The fraction of sp³-hybridized carbons (Fsp3) is 0.227. The Morgan fingerprint density at radius 2 is 1.81 bits per heavy atom. The highest BCUT2D eigenvalue weighted by atomic mass is 16.6. The van der Waals surface area contributed by atoms with Crippen LogP contribution in [0.2, 0.25) is 0 Å². The van der Waals surface area contributed by atoms with Gasteiger partial charge in [-0.05, 0) is 54.3 Å². The Hall–Kier alpha value is -3.21. The van der Waals surface area contributed by atoms with Crippen LogP contribution in [0.4, 0.5) is 5.69 Å². The minimum Gasteiger partial charge on any atom is -0.402 e. The molecule has 0 N–H and O–H groups in total. The summed E-state index contributed by atoms with van der Waals surface area (Å²) in [6.07, 6.45) is 4.18. The molecule has 4 rings (SSSR count). The molecule has 5 heteroatoms. The molecular weight excluding hydrogens is 340 g/mol. The molecule has 0 aliphatic carbocycles. The molecule has 136 valence electrons. The van der Waals surface area contributed by atoms with Gasteiger partial charge in [0.1, 0.15) is 0 Å². The Labute approximate surface area is 158 Å². The van der Waals surface area contributed by atoms with Gasteiger partial charge in [-0.25, -0.2) is 9.79 Å². The van der Waals surface area contributed by atoms with Gasteiger partial charge in [-0.1, -0.05) is 31.2 Å². The molecule has 0 saturated carbocycles. The van der Waals surface area contributed by atoms with Crippen LogP contribution in [-0.2, 0) is 20.7 Å². The third kappa shape index (κ3) is 3.53. The van der Waals surface area contributed by atoms with E-state index in [0.717, 1.165) is 30.6 Å². The van der Waals surface area contributed by atoms with Crippen LogP contribution in [0.15, 0.2) is 59.2 Å². The number of carbonyl (C=O) groups is 2. The van der Waals surface area contributed by atoms with Gasteiger partial charge in [-0.2, -0.15) is 0 Å². The molecule has 0 aromatic heterocycles. The molecule has 0 unspecified atom stereocenters. The lowest BCUT2D eigenvalue weighted by Gasteiger charge is -2.15. The van der Waals surface area contributed by atoms with Crippen molar-refractivity contribution in [2.75, 3.05) is 11.4 Å². The first-order valence-electron chi connectivity index (χ1n) is 9.16. The zero-order chi connectivity index (χ0) is 18.8. The number of esters is 1. The Balaban J connectivity index is 1.55. The van der Waals surface area contributed by atoms with E-state index in [2.05, 4.69) is 11.9 Å². The Morgan fingerprint density at radius 1 is 1.07 bits per heavy atom. The Morgan fingerprint density at radius 3 is 2.44 bits per heavy atom. The number of carbonyl (C=O) groups excluding carboxylic acids is 2. The van der Waals surface area contributed by atoms with Crippen LogP contribution in [-0.4, -0.2) is 24.3 Å². The number of anilines is 1. The van der Waals surface area contributed by atoms with Crippen LogP contribution in [0, 0.1) is 0 Å². The number of hydrogen-bond donors (Lipinski definition) is 0. The second-order valence-electron chi connectivity index (χ2n) is 6.63. The standard InChI is InChI=1S/C22H20N2O3/c1-2-15-5-7-16(8-6-15)14-19-22(26)27-21(23-19)17-9-11-18(12-10-17)24-13-3-4-20(24)25/h5-12,14H,2-4,13H2,1H3/b19-14-. The zero-order valence-corrected chi connectivity index (χ0v) is 15.1. The van der Waals surface area contributed by atoms with Crippen LogP contribution >= 0.6 is 0 Å². The molecule has 0 atom stereocenters. The largest absolute Gasteiger partial charge is 0.402 e. The topological polar surface area (TPSA) is 59.0 Å². The number of amides is 1. The average Bonchev–Trinajstić information content (AvgIpc) is 3.28. The minimum absolute atomic E-state index is 0.145. The van der Waals surface area contributed by atoms with Gasteiger partial charge in [-0.15, -0.1) is 0 Å². The fourth-order valence-corrected chi connectivity index (χ4v) is 3.25. The van der Waals surface area contributed by atoms with E-state index in [0.29, 0.717) is 12.0 Å². The van der Waals surface area contributed by atoms with E-state index in [1.54, 1.807) is 11.0 Å². The third-order valence-electron chi connectivity index (χ3n) is 4.81. The summed E-state index contributed by atoms with van der Waals surface area (Å²) in [6.45, 7) is 2.85. The highest BCUT2D eigenvalue weighted by Crippen LogP contribution is 2.24. The van der Waals surface area contributed by atoms with E-state index in [9.17, 15) is 9.59 Å². The first-order chi connectivity index (χ1) is 13.1. The highest BCUT2D eigenvalue weighted by Gasteiger charge is 2.25. The molecular formula is C22H20N2O3. The van der Waals surface area contributed by atoms with Crippen molar-refractivity contribution in [3.63, 3.8) is 0 Å². The molecule has 1 saturated heterocycles. The molecule has 0 bridgehead atoms. The molecule has 1 fully saturated rings. The van der Waals surface area contributed by atoms with E-state index in [-0.39, 0.29) is 17.5 Å². The number of rotatable bonds is 4. The first-order valence-corrected chi connectivity index (χ1v) is 9.16. The third-order valence-corrected chi connectivity index (χ3v) is 4.81.